The Morgan fingerprint density at radius 2 is 1.82 bits per heavy atom. The van der Waals surface area contributed by atoms with Crippen molar-refractivity contribution in [2.75, 3.05) is 5.75 Å². The summed E-state index contributed by atoms with van der Waals surface area (Å²) in [5, 5.41) is 0.651. The van der Waals surface area contributed by atoms with E-state index in [-0.39, 0.29) is 24.0 Å². The fourth-order valence-electron chi connectivity index (χ4n) is 1.61. The Hall–Kier alpha value is -1.92. The van der Waals surface area contributed by atoms with Gasteiger partial charge in [-0.2, -0.15) is 0 Å². The molecule has 0 aliphatic heterocycles. The lowest BCUT2D eigenvalue weighted by atomic mass is 10.2. The van der Waals surface area contributed by atoms with Gasteiger partial charge in [-0.1, -0.05) is 11.6 Å². The van der Waals surface area contributed by atoms with E-state index < -0.39 is 0 Å². The van der Waals surface area contributed by atoms with Gasteiger partial charge in [0.2, 0.25) is 11.8 Å². The normalized spacial score (nSPS) is 10.2. The molecule has 22 heavy (non-hydrogen) atoms. The maximum Gasteiger partial charge on any atom is 0.248 e. The molecule has 7 heteroatoms. The molecule has 0 spiro atoms. The summed E-state index contributed by atoms with van der Waals surface area (Å²) in [7, 11) is 0. The lowest BCUT2D eigenvalue weighted by Crippen LogP contribution is -2.42. The van der Waals surface area contributed by atoms with Crippen LogP contribution in [0.5, 0.6) is 0 Å². The molecule has 0 unspecified atom stereocenters. The van der Waals surface area contributed by atoms with Crippen LogP contribution in [-0.2, 0) is 16.0 Å². The third-order valence-corrected chi connectivity index (χ3v) is 3.97. The zero-order valence-electron chi connectivity index (χ0n) is 11.7. The monoisotopic (exact) mass is 338 g/mol. The Balaban J connectivity index is 1.62. The maximum atomic E-state index is 11.6. The predicted octanol–water partition coefficient (Wildman–Crippen LogP) is 2.81. The number of benzene rings is 1. The number of nitrogens with one attached hydrogen (secondary N) is 2. The molecular weight excluding hydrogens is 324 g/mol. The Kier molecular flexibility index (Phi) is 6.36. The van der Waals surface area contributed by atoms with Gasteiger partial charge in [0.25, 0.3) is 0 Å². The van der Waals surface area contributed by atoms with E-state index in [0.717, 1.165) is 10.7 Å². The highest BCUT2D eigenvalue weighted by atomic mass is 35.5. The summed E-state index contributed by atoms with van der Waals surface area (Å²) in [5.74, 6) is 0.410. The highest BCUT2D eigenvalue weighted by molar-refractivity contribution is 8.00. The molecule has 0 fully saturated rings. The van der Waals surface area contributed by atoms with Crippen LogP contribution in [-0.4, -0.2) is 17.6 Å². The molecular formula is C15H15ClN2O3S. The van der Waals surface area contributed by atoms with E-state index in [0.29, 0.717) is 11.4 Å². The lowest BCUT2D eigenvalue weighted by Gasteiger charge is -2.07. The van der Waals surface area contributed by atoms with Crippen molar-refractivity contribution in [2.45, 2.75) is 17.7 Å². The smallest absolute Gasteiger partial charge is 0.248 e. The molecule has 0 aliphatic rings. The van der Waals surface area contributed by atoms with Crippen molar-refractivity contribution in [3.05, 3.63) is 53.4 Å². The van der Waals surface area contributed by atoms with Crippen molar-refractivity contribution in [3.63, 3.8) is 0 Å². The van der Waals surface area contributed by atoms with Gasteiger partial charge in [-0.3, -0.25) is 20.4 Å². The summed E-state index contributed by atoms with van der Waals surface area (Å²) in [4.78, 5) is 24.1. The van der Waals surface area contributed by atoms with Gasteiger partial charge < -0.3 is 4.42 Å². The molecule has 2 amide bonds. The van der Waals surface area contributed by atoms with Gasteiger partial charge >= 0.3 is 0 Å². The molecule has 2 N–H and O–H groups in total. The molecule has 116 valence electrons. The first-order chi connectivity index (χ1) is 10.6. The van der Waals surface area contributed by atoms with E-state index >= 15 is 0 Å². The Bertz CT molecular complexity index is 614. The van der Waals surface area contributed by atoms with E-state index in [1.54, 1.807) is 30.5 Å². The largest absolute Gasteiger partial charge is 0.469 e. The first-order valence-electron chi connectivity index (χ1n) is 6.62. The fraction of sp³-hybridized carbons (Fsp3) is 0.200. The number of rotatable bonds is 6. The van der Waals surface area contributed by atoms with Crippen molar-refractivity contribution >= 4 is 35.2 Å². The standard InChI is InChI=1S/C15H15ClN2O3S/c16-11-3-6-13(7-4-11)22-10-15(20)18-17-14(19)8-5-12-2-1-9-21-12/h1-4,6-7,9H,5,8,10H2,(H,17,19)(H,18,20). The molecule has 0 atom stereocenters. The molecule has 5 nitrogen and oxygen atoms in total. The first kappa shape index (κ1) is 16.5. The van der Waals surface area contributed by atoms with Gasteiger partial charge in [-0.15, -0.1) is 11.8 Å². The molecule has 0 bridgehead atoms. The number of amides is 2. The van der Waals surface area contributed by atoms with Gasteiger partial charge in [-0.25, -0.2) is 0 Å². The highest BCUT2D eigenvalue weighted by Crippen LogP contribution is 2.19. The average molecular weight is 339 g/mol. The van der Waals surface area contributed by atoms with Gasteiger partial charge in [0.05, 0.1) is 12.0 Å². The minimum Gasteiger partial charge on any atom is -0.469 e. The molecule has 0 saturated heterocycles. The van der Waals surface area contributed by atoms with Crippen molar-refractivity contribution in [1.29, 1.82) is 0 Å². The Morgan fingerprint density at radius 3 is 2.50 bits per heavy atom. The predicted molar refractivity (Wildman–Crippen MR) is 85.5 cm³/mol. The van der Waals surface area contributed by atoms with Crippen LogP contribution < -0.4 is 10.9 Å². The van der Waals surface area contributed by atoms with E-state index in [1.165, 1.54) is 11.8 Å². The van der Waals surface area contributed by atoms with Crippen molar-refractivity contribution < 1.29 is 14.0 Å². The number of hydrogen-bond acceptors (Lipinski definition) is 4. The Morgan fingerprint density at radius 1 is 1.09 bits per heavy atom. The van der Waals surface area contributed by atoms with E-state index in [1.807, 2.05) is 12.1 Å². The van der Waals surface area contributed by atoms with Crippen LogP contribution in [0.4, 0.5) is 0 Å². The summed E-state index contributed by atoms with van der Waals surface area (Å²) in [6.45, 7) is 0. The number of hydrogen-bond donors (Lipinski definition) is 2. The number of thioether (sulfide) groups is 1. The number of furan rings is 1. The third kappa shape index (κ3) is 5.83. The van der Waals surface area contributed by atoms with Gasteiger partial charge in [-0.05, 0) is 36.4 Å². The summed E-state index contributed by atoms with van der Waals surface area (Å²) in [5.41, 5.74) is 4.75. The van der Waals surface area contributed by atoms with Gasteiger partial charge in [0.15, 0.2) is 0 Å². The zero-order valence-corrected chi connectivity index (χ0v) is 13.2. The molecule has 0 aliphatic carbocycles. The lowest BCUT2D eigenvalue weighted by molar-refractivity contribution is -0.127. The molecule has 0 saturated carbocycles. The minimum absolute atomic E-state index is 0.208. The number of carbonyl (C=O) groups excluding carboxylic acids is 2. The van der Waals surface area contributed by atoms with Crippen molar-refractivity contribution in [1.82, 2.24) is 10.9 Å². The molecule has 1 aromatic carbocycles. The number of carbonyl (C=O) groups is 2. The quantitative estimate of drug-likeness (QED) is 0.627. The van der Waals surface area contributed by atoms with E-state index in [4.69, 9.17) is 16.0 Å². The number of hydrazine groups is 1. The first-order valence-corrected chi connectivity index (χ1v) is 7.98. The molecule has 0 radical (unpaired) electrons. The van der Waals surface area contributed by atoms with Gasteiger partial charge in [0.1, 0.15) is 5.76 Å². The van der Waals surface area contributed by atoms with Crippen LogP contribution in [0.25, 0.3) is 0 Å². The van der Waals surface area contributed by atoms with Crippen LogP contribution in [0, 0.1) is 0 Å². The second-order valence-electron chi connectivity index (χ2n) is 4.42. The molecule has 1 aromatic heterocycles. The molecule has 2 rings (SSSR count). The van der Waals surface area contributed by atoms with Crippen LogP contribution in [0.15, 0.2) is 52.0 Å². The van der Waals surface area contributed by atoms with E-state index in [2.05, 4.69) is 10.9 Å². The van der Waals surface area contributed by atoms with Crippen LogP contribution in [0.3, 0.4) is 0 Å². The summed E-state index contributed by atoms with van der Waals surface area (Å²) in [6, 6.07) is 10.8. The highest BCUT2D eigenvalue weighted by Gasteiger charge is 2.07. The number of halogens is 1. The SMILES string of the molecule is O=C(CCc1ccco1)NNC(=O)CSc1ccc(Cl)cc1. The van der Waals surface area contributed by atoms with Crippen molar-refractivity contribution in [3.8, 4) is 0 Å². The topological polar surface area (TPSA) is 71.3 Å². The fourth-order valence-corrected chi connectivity index (χ4v) is 2.43. The zero-order chi connectivity index (χ0) is 15.8. The summed E-state index contributed by atoms with van der Waals surface area (Å²) < 4.78 is 5.13. The van der Waals surface area contributed by atoms with Crippen LogP contribution >= 0.6 is 23.4 Å². The van der Waals surface area contributed by atoms with Gasteiger partial charge in [0, 0.05) is 22.8 Å². The second kappa shape index (κ2) is 8.51. The molecule has 1 heterocycles. The minimum atomic E-state index is -0.272. The van der Waals surface area contributed by atoms with Crippen molar-refractivity contribution in [2.24, 2.45) is 0 Å². The summed E-state index contributed by atoms with van der Waals surface area (Å²) in [6.07, 6.45) is 2.30. The number of aryl methyl sites for hydroxylation is 1. The van der Waals surface area contributed by atoms with Crippen LogP contribution in [0.2, 0.25) is 5.02 Å². The second-order valence-corrected chi connectivity index (χ2v) is 5.90. The maximum absolute atomic E-state index is 11.6. The molecule has 2 aromatic rings. The van der Waals surface area contributed by atoms with E-state index in [9.17, 15) is 9.59 Å². The Labute approximate surface area is 137 Å². The van der Waals surface area contributed by atoms with Crippen LogP contribution in [0.1, 0.15) is 12.2 Å². The third-order valence-electron chi connectivity index (χ3n) is 2.70. The summed E-state index contributed by atoms with van der Waals surface area (Å²) >= 11 is 7.15. The average Bonchev–Trinajstić information content (AvgIpc) is 3.04.